The number of hydrogen-bond acceptors (Lipinski definition) is 5. The van der Waals surface area contributed by atoms with Gasteiger partial charge in [0, 0.05) is 12.7 Å². The molecule has 2 rings (SSSR count). The van der Waals surface area contributed by atoms with E-state index in [1.807, 2.05) is 36.2 Å². The highest BCUT2D eigenvalue weighted by Crippen LogP contribution is 2.22. The summed E-state index contributed by atoms with van der Waals surface area (Å²) in [5.74, 6) is 6.78. The molecule has 0 aliphatic rings. The maximum Gasteiger partial charge on any atom is 0.140 e. The Kier molecular flexibility index (Phi) is 4.65. The average Bonchev–Trinajstić information content (AvgIpc) is 2.49. The summed E-state index contributed by atoms with van der Waals surface area (Å²) >= 11 is 6.15. The second-order valence-electron chi connectivity index (χ2n) is 4.32. The Morgan fingerprint density at radius 3 is 2.55 bits per heavy atom. The van der Waals surface area contributed by atoms with Gasteiger partial charge >= 0.3 is 0 Å². The van der Waals surface area contributed by atoms with E-state index in [0.29, 0.717) is 17.4 Å². The quantitative estimate of drug-likeness (QED) is 0.655. The first-order valence-electron chi connectivity index (χ1n) is 6.11. The van der Waals surface area contributed by atoms with Crippen LogP contribution in [0.2, 0.25) is 5.02 Å². The fraction of sp³-hybridized carbons (Fsp3) is 0.214. The summed E-state index contributed by atoms with van der Waals surface area (Å²) in [7, 11) is 3.62. The molecule has 0 spiro atoms. The highest BCUT2D eigenvalue weighted by molar-refractivity contribution is 6.31. The summed E-state index contributed by atoms with van der Waals surface area (Å²) < 4.78 is 5.14. The fourth-order valence-electron chi connectivity index (χ4n) is 1.83. The second kappa shape index (κ2) is 6.45. The number of hydrogen-bond donors (Lipinski definition) is 2. The Balaban J connectivity index is 2.15. The van der Waals surface area contributed by atoms with Crippen molar-refractivity contribution < 1.29 is 4.74 Å². The molecular formula is C14H17ClN4O. The number of nitrogens with zero attached hydrogens (tertiary/aromatic N) is 2. The molecule has 0 amide bonds. The van der Waals surface area contributed by atoms with Gasteiger partial charge in [0.05, 0.1) is 24.4 Å². The molecule has 0 aliphatic carbocycles. The number of nitrogen functional groups attached to an aromatic ring is 1. The molecule has 0 aliphatic heterocycles. The monoisotopic (exact) mass is 292 g/mol. The highest BCUT2D eigenvalue weighted by atomic mass is 35.5. The molecule has 2 aromatic rings. The predicted molar refractivity (Wildman–Crippen MR) is 82.2 cm³/mol. The molecule has 5 nitrogen and oxygen atoms in total. The minimum atomic E-state index is 0.584. The zero-order valence-electron chi connectivity index (χ0n) is 11.4. The van der Waals surface area contributed by atoms with E-state index in [1.165, 1.54) is 0 Å². The molecule has 20 heavy (non-hydrogen) atoms. The normalized spacial score (nSPS) is 10.2. The predicted octanol–water partition coefficient (Wildman–Crippen LogP) is 2.67. The standard InChI is InChI=1S/C14H17ClN4O/c1-19(10-3-5-11(20-2)6-4-10)9-13-12(15)7-8-14(17-13)18-16/h3-8H,9,16H2,1-2H3,(H,17,18). The molecule has 3 N–H and O–H groups in total. The van der Waals surface area contributed by atoms with Crippen LogP contribution in [0.25, 0.3) is 0 Å². The Labute approximate surface area is 123 Å². The van der Waals surface area contributed by atoms with Crippen molar-refractivity contribution in [3.8, 4) is 5.75 Å². The van der Waals surface area contributed by atoms with E-state index in [-0.39, 0.29) is 0 Å². The van der Waals surface area contributed by atoms with Crippen LogP contribution in [0.4, 0.5) is 11.5 Å². The van der Waals surface area contributed by atoms with Crippen LogP contribution < -0.4 is 20.9 Å². The number of benzene rings is 1. The number of rotatable bonds is 5. The highest BCUT2D eigenvalue weighted by Gasteiger charge is 2.08. The van der Waals surface area contributed by atoms with Gasteiger partial charge in [0.2, 0.25) is 0 Å². The van der Waals surface area contributed by atoms with E-state index in [2.05, 4.69) is 10.4 Å². The summed E-state index contributed by atoms with van der Waals surface area (Å²) in [5.41, 5.74) is 4.33. The van der Waals surface area contributed by atoms with Crippen LogP contribution in [-0.2, 0) is 6.54 Å². The zero-order valence-corrected chi connectivity index (χ0v) is 12.2. The van der Waals surface area contributed by atoms with Gasteiger partial charge in [-0.15, -0.1) is 0 Å². The molecule has 0 unspecified atom stereocenters. The number of hydrazine groups is 1. The number of pyridine rings is 1. The Morgan fingerprint density at radius 2 is 1.95 bits per heavy atom. The maximum atomic E-state index is 6.15. The van der Waals surface area contributed by atoms with Crippen LogP contribution in [0.3, 0.4) is 0 Å². The third-order valence-corrected chi connectivity index (χ3v) is 3.31. The third kappa shape index (κ3) is 3.31. The van der Waals surface area contributed by atoms with Crippen molar-refractivity contribution in [2.75, 3.05) is 24.5 Å². The number of nitrogens with two attached hydrogens (primary N) is 1. The lowest BCUT2D eigenvalue weighted by Gasteiger charge is -2.20. The van der Waals surface area contributed by atoms with E-state index in [1.54, 1.807) is 19.2 Å². The van der Waals surface area contributed by atoms with Gasteiger partial charge in [0.15, 0.2) is 0 Å². The van der Waals surface area contributed by atoms with E-state index in [0.717, 1.165) is 17.1 Å². The average molecular weight is 293 g/mol. The van der Waals surface area contributed by atoms with E-state index in [4.69, 9.17) is 22.2 Å². The Morgan fingerprint density at radius 1 is 1.25 bits per heavy atom. The SMILES string of the molecule is COc1ccc(N(C)Cc2nc(NN)ccc2Cl)cc1. The molecule has 0 bridgehead atoms. The zero-order chi connectivity index (χ0) is 14.5. The summed E-state index contributed by atoms with van der Waals surface area (Å²) in [6.07, 6.45) is 0. The lowest BCUT2D eigenvalue weighted by molar-refractivity contribution is 0.415. The first-order valence-corrected chi connectivity index (χ1v) is 6.49. The van der Waals surface area contributed by atoms with Crippen molar-refractivity contribution in [1.29, 1.82) is 0 Å². The first-order chi connectivity index (χ1) is 9.63. The number of nitrogens with one attached hydrogen (secondary N) is 1. The van der Waals surface area contributed by atoms with Crippen LogP contribution in [0.5, 0.6) is 5.75 Å². The largest absolute Gasteiger partial charge is 0.497 e. The van der Waals surface area contributed by atoms with Crippen molar-refractivity contribution >= 4 is 23.1 Å². The molecule has 0 saturated heterocycles. The molecule has 1 heterocycles. The van der Waals surface area contributed by atoms with E-state index < -0.39 is 0 Å². The first kappa shape index (κ1) is 14.4. The molecule has 106 valence electrons. The maximum absolute atomic E-state index is 6.15. The van der Waals surface area contributed by atoms with Gasteiger partial charge in [-0.2, -0.15) is 0 Å². The van der Waals surface area contributed by atoms with Crippen molar-refractivity contribution in [1.82, 2.24) is 4.98 Å². The van der Waals surface area contributed by atoms with Crippen LogP contribution in [0.1, 0.15) is 5.69 Å². The number of anilines is 2. The molecule has 6 heteroatoms. The second-order valence-corrected chi connectivity index (χ2v) is 4.73. The molecule has 1 aromatic carbocycles. The topological polar surface area (TPSA) is 63.4 Å². The molecule has 0 atom stereocenters. The summed E-state index contributed by atoms with van der Waals surface area (Å²) in [6.45, 7) is 0.584. The van der Waals surface area contributed by atoms with Crippen molar-refractivity contribution in [2.45, 2.75) is 6.54 Å². The lowest BCUT2D eigenvalue weighted by atomic mass is 10.2. The van der Waals surface area contributed by atoms with Gasteiger partial charge in [-0.05, 0) is 36.4 Å². The number of aromatic nitrogens is 1. The van der Waals surface area contributed by atoms with Gasteiger partial charge in [-0.1, -0.05) is 11.6 Å². The van der Waals surface area contributed by atoms with Crippen LogP contribution in [-0.4, -0.2) is 19.1 Å². The molecular weight excluding hydrogens is 276 g/mol. The van der Waals surface area contributed by atoms with Gasteiger partial charge in [0.25, 0.3) is 0 Å². The van der Waals surface area contributed by atoms with Gasteiger partial charge < -0.3 is 15.1 Å². The summed E-state index contributed by atoms with van der Waals surface area (Å²) in [6, 6.07) is 11.3. The van der Waals surface area contributed by atoms with Gasteiger partial charge in [0.1, 0.15) is 11.6 Å². The number of halogens is 1. The van der Waals surface area contributed by atoms with E-state index >= 15 is 0 Å². The van der Waals surface area contributed by atoms with E-state index in [9.17, 15) is 0 Å². The van der Waals surface area contributed by atoms with Crippen LogP contribution in [0, 0.1) is 0 Å². The van der Waals surface area contributed by atoms with Gasteiger partial charge in [-0.3, -0.25) is 0 Å². The van der Waals surface area contributed by atoms with Crippen molar-refractivity contribution in [3.05, 3.63) is 47.1 Å². The fourth-order valence-corrected chi connectivity index (χ4v) is 1.99. The molecule has 0 saturated carbocycles. The Bertz CT molecular complexity index is 574. The molecule has 1 aromatic heterocycles. The molecule has 0 radical (unpaired) electrons. The van der Waals surface area contributed by atoms with Crippen LogP contribution >= 0.6 is 11.6 Å². The minimum Gasteiger partial charge on any atom is -0.497 e. The molecule has 0 fully saturated rings. The van der Waals surface area contributed by atoms with Crippen molar-refractivity contribution in [2.24, 2.45) is 5.84 Å². The summed E-state index contributed by atoms with van der Waals surface area (Å²) in [5, 5.41) is 0.615. The lowest BCUT2D eigenvalue weighted by Crippen LogP contribution is -2.18. The number of methoxy groups -OCH3 is 1. The Hall–Kier alpha value is -1.98. The van der Waals surface area contributed by atoms with Crippen LogP contribution in [0.15, 0.2) is 36.4 Å². The van der Waals surface area contributed by atoms with Crippen molar-refractivity contribution in [3.63, 3.8) is 0 Å². The minimum absolute atomic E-state index is 0.584. The summed E-state index contributed by atoms with van der Waals surface area (Å²) in [4.78, 5) is 6.41. The number of ether oxygens (including phenoxy) is 1. The third-order valence-electron chi connectivity index (χ3n) is 2.97. The smallest absolute Gasteiger partial charge is 0.140 e. The van der Waals surface area contributed by atoms with Gasteiger partial charge in [-0.25, -0.2) is 10.8 Å².